The van der Waals surface area contributed by atoms with Crippen LogP contribution < -0.4 is 10.2 Å². The summed E-state index contributed by atoms with van der Waals surface area (Å²) in [5, 5.41) is 12.2. The van der Waals surface area contributed by atoms with Crippen LogP contribution in [-0.2, 0) is 4.79 Å². The first-order valence-electron chi connectivity index (χ1n) is 6.67. The summed E-state index contributed by atoms with van der Waals surface area (Å²) in [6.45, 7) is 3.56. The van der Waals surface area contributed by atoms with Crippen molar-refractivity contribution in [2.75, 3.05) is 23.3 Å². The Bertz CT molecular complexity index is 528. The molecule has 1 unspecified atom stereocenters. The highest BCUT2D eigenvalue weighted by Gasteiger charge is 2.31. The fourth-order valence-corrected chi connectivity index (χ4v) is 2.51. The van der Waals surface area contributed by atoms with Gasteiger partial charge in [0.15, 0.2) is 6.10 Å². The molecule has 1 saturated carbocycles. The lowest BCUT2D eigenvalue weighted by atomic mass is 10.1. The van der Waals surface area contributed by atoms with Crippen molar-refractivity contribution in [2.45, 2.75) is 25.9 Å². The number of rotatable bonds is 4. The van der Waals surface area contributed by atoms with E-state index in [1.807, 2.05) is 11.8 Å². The Labute approximate surface area is 111 Å². The second kappa shape index (κ2) is 4.49. The molecule has 2 aliphatic rings. The fourth-order valence-electron chi connectivity index (χ4n) is 2.51. The molecule has 5 heteroatoms. The van der Waals surface area contributed by atoms with Gasteiger partial charge in [0.1, 0.15) is 5.82 Å². The zero-order chi connectivity index (χ0) is 13.6. The van der Waals surface area contributed by atoms with E-state index in [0.29, 0.717) is 22.9 Å². The molecule has 0 bridgehead atoms. The first kappa shape index (κ1) is 12.4. The number of halogens is 1. The summed E-state index contributed by atoms with van der Waals surface area (Å²) in [7, 11) is 0. The Kier molecular flexibility index (Phi) is 2.93. The molecule has 19 heavy (non-hydrogen) atoms. The van der Waals surface area contributed by atoms with Crippen molar-refractivity contribution in [1.29, 1.82) is 0 Å². The van der Waals surface area contributed by atoms with Gasteiger partial charge in [0.2, 0.25) is 0 Å². The van der Waals surface area contributed by atoms with Crippen LogP contribution in [0.5, 0.6) is 0 Å². The van der Waals surface area contributed by atoms with E-state index in [4.69, 9.17) is 0 Å². The Hall–Kier alpha value is -1.62. The highest BCUT2D eigenvalue weighted by atomic mass is 19.1. The van der Waals surface area contributed by atoms with Gasteiger partial charge in [0.25, 0.3) is 5.91 Å². The molecule has 4 nitrogen and oxygen atoms in total. The van der Waals surface area contributed by atoms with Crippen molar-refractivity contribution in [3.8, 4) is 0 Å². The van der Waals surface area contributed by atoms with Crippen LogP contribution in [0.4, 0.5) is 15.8 Å². The van der Waals surface area contributed by atoms with E-state index in [1.165, 1.54) is 18.9 Å². The maximum absolute atomic E-state index is 14.2. The molecule has 0 aromatic heterocycles. The summed E-state index contributed by atoms with van der Waals surface area (Å²) < 4.78 is 14.2. The maximum Gasteiger partial charge on any atom is 0.257 e. The topological polar surface area (TPSA) is 52.6 Å². The highest BCUT2D eigenvalue weighted by Crippen LogP contribution is 2.37. The van der Waals surface area contributed by atoms with Crippen LogP contribution in [0.25, 0.3) is 0 Å². The molecule has 102 valence electrons. The third-order valence-electron chi connectivity index (χ3n) is 3.82. The number of aliphatic hydroxyl groups is 1. The third-order valence-corrected chi connectivity index (χ3v) is 3.82. The smallest absolute Gasteiger partial charge is 0.257 e. The molecule has 1 fully saturated rings. The number of hydrogen-bond acceptors (Lipinski definition) is 3. The van der Waals surface area contributed by atoms with Crippen LogP contribution in [0.1, 0.15) is 31.4 Å². The van der Waals surface area contributed by atoms with Crippen molar-refractivity contribution >= 4 is 17.3 Å². The molecule has 1 amide bonds. The van der Waals surface area contributed by atoms with E-state index in [0.717, 1.165) is 13.1 Å². The van der Waals surface area contributed by atoms with Crippen LogP contribution in [0, 0.1) is 11.7 Å². The molecule has 0 radical (unpaired) electrons. The molecule has 1 aliphatic heterocycles. The monoisotopic (exact) mass is 264 g/mol. The van der Waals surface area contributed by atoms with Crippen LogP contribution in [0.3, 0.4) is 0 Å². The first-order valence-corrected chi connectivity index (χ1v) is 6.67. The Balaban J connectivity index is 1.93. The van der Waals surface area contributed by atoms with E-state index in [1.54, 1.807) is 6.07 Å². The van der Waals surface area contributed by atoms with Crippen LogP contribution >= 0.6 is 0 Å². The first-order chi connectivity index (χ1) is 9.10. The number of amides is 1. The van der Waals surface area contributed by atoms with E-state index in [2.05, 4.69) is 5.32 Å². The fraction of sp³-hybridized carbons (Fsp3) is 0.500. The van der Waals surface area contributed by atoms with Gasteiger partial charge >= 0.3 is 0 Å². The summed E-state index contributed by atoms with van der Waals surface area (Å²) in [6.07, 6.45) is 1.16. The molecular weight excluding hydrogens is 247 g/mol. The number of fused-ring (bicyclic) bond motifs is 1. The quantitative estimate of drug-likeness (QED) is 0.875. The lowest BCUT2D eigenvalue weighted by Gasteiger charge is -2.24. The predicted octanol–water partition coefficient (Wildman–Crippen LogP) is 2.05. The van der Waals surface area contributed by atoms with Gasteiger partial charge in [-0.1, -0.05) is 0 Å². The van der Waals surface area contributed by atoms with Crippen LogP contribution in [0.15, 0.2) is 12.1 Å². The SMILES string of the molecule is CCN(CC1CC1)c1cc2c(cc1F)C(O)C(=O)N2. The number of carbonyl (C=O) groups is 1. The Morgan fingerprint density at radius 3 is 2.84 bits per heavy atom. The number of hydrogen-bond donors (Lipinski definition) is 2. The maximum atomic E-state index is 14.2. The van der Waals surface area contributed by atoms with Crippen LogP contribution in [0.2, 0.25) is 0 Å². The molecule has 3 rings (SSSR count). The van der Waals surface area contributed by atoms with Gasteiger partial charge in [-0.3, -0.25) is 4.79 Å². The van der Waals surface area contributed by atoms with Gasteiger partial charge in [-0.15, -0.1) is 0 Å². The molecule has 1 atom stereocenters. The average molecular weight is 264 g/mol. The zero-order valence-electron chi connectivity index (χ0n) is 10.8. The second-order valence-corrected chi connectivity index (χ2v) is 5.26. The van der Waals surface area contributed by atoms with Gasteiger partial charge < -0.3 is 15.3 Å². The summed E-state index contributed by atoms with van der Waals surface area (Å²) in [6, 6.07) is 2.90. The normalized spacial score (nSPS) is 21.2. The standard InChI is InChI=1S/C14H17FN2O2/c1-2-17(7-8-3-4-8)12-6-11-9(5-10(12)15)13(18)14(19)16-11/h5-6,8,13,18H,2-4,7H2,1H3,(H,16,19). The lowest BCUT2D eigenvalue weighted by Crippen LogP contribution is -2.26. The Morgan fingerprint density at radius 1 is 1.47 bits per heavy atom. The molecule has 1 aromatic rings. The minimum Gasteiger partial charge on any atom is -0.378 e. The van der Waals surface area contributed by atoms with E-state index >= 15 is 0 Å². The van der Waals surface area contributed by atoms with Gasteiger partial charge in [0.05, 0.1) is 5.69 Å². The van der Waals surface area contributed by atoms with Crippen molar-refractivity contribution in [1.82, 2.24) is 0 Å². The van der Waals surface area contributed by atoms with Crippen molar-refractivity contribution < 1.29 is 14.3 Å². The third kappa shape index (κ3) is 2.18. The van der Waals surface area contributed by atoms with Gasteiger partial charge in [-0.05, 0) is 37.8 Å². The summed E-state index contributed by atoms with van der Waals surface area (Å²) >= 11 is 0. The van der Waals surface area contributed by atoms with E-state index in [-0.39, 0.29) is 5.82 Å². The van der Waals surface area contributed by atoms with E-state index < -0.39 is 12.0 Å². The zero-order valence-corrected chi connectivity index (χ0v) is 10.8. The van der Waals surface area contributed by atoms with E-state index in [9.17, 15) is 14.3 Å². The molecule has 1 aromatic carbocycles. The number of benzene rings is 1. The summed E-state index contributed by atoms with van der Waals surface area (Å²) in [5.41, 5.74) is 1.35. The molecule has 1 heterocycles. The minimum absolute atomic E-state index is 0.328. The molecule has 1 aliphatic carbocycles. The van der Waals surface area contributed by atoms with Crippen molar-refractivity contribution in [3.63, 3.8) is 0 Å². The largest absolute Gasteiger partial charge is 0.378 e. The minimum atomic E-state index is -1.25. The number of anilines is 2. The summed E-state index contributed by atoms with van der Waals surface area (Å²) in [4.78, 5) is 13.4. The predicted molar refractivity (Wildman–Crippen MR) is 70.6 cm³/mol. The van der Waals surface area contributed by atoms with Gasteiger partial charge in [-0.25, -0.2) is 4.39 Å². The molecule has 0 saturated heterocycles. The summed E-state index contributed by atoms with van der Waals surface area (Å²) in [5.74, 6) is -0.207. The molecule has 0 spiro atoms. The number of carbonyl (C=O) groups excluding carboxylic acids is 1. The molecule has 2 N–H and O–H groups in total. The highest BCUT2D eigenvalue weighted by molar-refractivity contribution is 6.02. The van der Waals surface area contributed by atoms with Gasteiger partial charge in [-0.2, -0.15) is 0 Å². The van der Waals surface area contributed by atoms with Crippen molar-refractivity contribution in [2.24, 2.45) is 5.92 Å². The number of aliphatic hydroxyl groups excluding tert-OH is 1. The van der Waals surface area contributed by atoms with Crippen LogP contribution in [-0.4, -0.2) is 24.1 Å². The van der Waals surface area contributed by atoms with Gasteiger partial charge in [0, 0.05) is 24.3 Å². The lowest BCUT2D eigenvalue weighted by molar-refractivity contribution is -0.123. The number of nitrogens with zero attached hydrogens (tertiary/aromatic N) is 1. The molecular formula is C14H17FN2O2. The average Bonchev–Trinajstić information content (AvgIpc) is 3.16. The Morgan fingerprint density at radius 2 is 2.21 bits per heavy atom. The number of nitrogens with one attached hydrogen (secondary N) is 1. The second-order valence-electron chi connectivity index (χ2n) is 5.26. The van der Waals surface area contributed by atoms with Crippen molar-refractivity contribution in [3.05, 3.63) is 23.5 Å².